The van der Waals surface area contributed by atoms with Crippen molar-refractivity contribution in [2.75, 3.05) is 0 Å². The van der Waals surface area contributed by atoms with E-state index in [1.807, 2.05) is 56.3 Å². The van der Waals surface area contributed by atoms with Gasteiger partial charge in [0.2, 0.25) is 0 Å². The predicted octanol–water partition coefficient (Wildman–Crippen LogP) is 4.30. The molecule has 2 heterocycles. The average molecular weight is 377 g/mol. The molecule has 4 rings (SSSR count). The van der Waals surface area contributed by atoms with Crippen LogP contribution in [0.25, 0.3) is 0 Å². The van der Waals surface area contributed by atoms with E-state index in [1.54, 1.807) is 0 Å². The van der Waals surface area contributed by atoms with Crippen LogP contribution in [0.15, 0.2) is 69.4 Å². The first-order chi connectivity index (χ1) is 13.5. The minimum Gasteiger partial charge on any atom is -0.465 e. The molecule has 144 valence electrons. The number of carbonyl (C=O) groups excluding carboxylic acids is 2. The van der Waals surface area contributed by atoms with Crippen molar-refractivity contribution in [1.29, 1.82) is 0 Å². The summed E-state index contributed by atoms with van der Waals surface area (Å²) in [6, 6.07) is 13.2. The van der Waals surface area contributed by atoms with Crippen LogP contribution in [-0.2, 0) is 20.9 Å². The largest absolute Gasteiger partial charge is 0.465 e. The van der Waals surface area contributed by atoms with Gasteiger partial charge in [-0.2, -0.15) is 0 Å². The molecule has 0 bridgehead atoms. The van der Waals surface area contributed by atoms with Crippen LogP contribution < -0.4 is 5.32 Å². The molecule has 1 aromatic heterocycles. The number of ether oxygens (including phenoxy) is 1. The van der Waals surface area contributed by atoms with E-state index < -0.39 is 11.9 Å². The molecule has 0 spiro atoms. The van der Waals surface area contributed by atoms with E-state index in [4.69, 9.17) is 9.15 Å². The van der Waals surface area contributed by atoms with Gasteiger partial charge < -0.3 is 14.5 Å². The van der Waals surface area contributed by atoms with Crippen molar-refractivity contribution in [3.8, 4) is 0 Å². The van der Waals surface area contributed by atoms with E-state index in [-0.39, 0.29) is 12.4 Å². The molecule has 2 aromatic rings. The van der Waals surface area contributed by atoms with Gasteiger partial charge in [-0.1, -0.05) is 30.3 Å². The molecule has 1 aliphatic heterocycles. The fourth-order valence-electron chi connectivity index (χ4n) is 3.95. The quantitative estimate of drug-likeness (QED) is 0.805. The number of esters is 1. The van der Waals surface area contributed by atoms with E-state index in [2.05, 4.69) is 5.32 Å². The van der Waals surface area contributed by atoms with Gasteiger partial charge in [0, 0.05) is 23.4 Å². The van der Waals surface area contributed by atoms with Crippen molar-refractivity contribution in [1.82, 2.24) is 5.32 Å². The fourth-order valence-corrected chi connectivity index (χ4v) is 3.95. The summed E-state index contributed by atoms with van der Waals surface area (Å²) < 4.78 is 11.5. The lowest BCUT2D eigenvalue weighted by Crippen LogP contribution is -2.34. The van der Waals surface area contributed by atoms with Crippen LogP contribution in [-0.4, -0.2) is 11.8 Å². The molecule has 0 amide bonds. The third-order valence-corrected chi connectivity index (χ3v) is 5.25. The zero-order chi connectivity index (χ0) is 19.7. The zero-order valence-corrected chi connectivity index (χ0v) is 16.1. The van der Waals surface area contributed by atoms with Crippen LogP contribution in [0, 0.1) is 6.92 Å². The van der Waals surface area contributed by atoms with Crippen LogP contribution in [0.5, 0.6) is 0 Å². The molecule has 0 fully saturated rings. The van der Waals surface area contributed by atoms with Gasteiger partial charge in [-0.25, -0.2) is 4.79 Å². The summed E-state index contributed by atoms with van der Waals surface area (Å²) in [5.41, 5.74) is 3.60. The Bertz CT molecular complexity index is 981. The number of benzene rings is 1. The van der Waals surface area contributed by atoms with Crippen LogP contribution in [0.2, 0.25) is 0 Å². The van der Waals surface area contributed by atoms with Crippen LogP contribution >= 0.6 is 0 Å². The molecular weight excluding hydrogens is 354 g/mol. The van der Waals surface area contributed by atoms with Gasteiger partial charge in [0.05, 0.1) is 11.5 Å². The first kappa shape index (κ1) is 18.3. The topological polar surface area (TPSA) is 68.5 Å². The number of ketones is 1. The minimum absolute atomic E-state index is 0.0636. The van der Waals surface area contributed by atoms with E-state index in [9.17, 15) is 9.59 Å². The summed E-state index contributed by atoms with van der Waals surface area (Å²) in [5.74, 6) is 0.453. The van der Waals surface area contributed by atoms with Crippen molar-refractivity contribution in [3.63, 3.8) is 0 Å². The van der Waals surface area contributed by atoms with Gasteiger partial charge >= 0.3 is 5.97 Å². The number of rotatable bonds is 4. The second-order valence-corrected chi connectivity index (χ2v) is 7.28. The number of hydrogen-bond donors (Lipinski definition) is 1. The summed E-state index contributed by atoms with van der Waals surface area (Å²) in [7, 11) is 0. The maximum atomic E-state index is 13.1. The Morgan fingerprint density at radius 3 is 2.64 bits per heavy atom. The van der Waals surface area contributed by atoms with Gasteiger partial charge in [0.15, 0.2) is 5.78 Å². The van der Waals surface area contributed by atoms with Crippen LogP contribution in [0.1, 0.15) is 49.2 Å². The lowest BCUT2D eigenvalue weighted by atomic mass is 9.77. The Labute approximate surface area is 164 Å². The second-order valence-electron chi connectivity index (χ2n) is 7.28. The van der Waals surface area contributed by atoms with Gasteiger partial charge in [0.1, 0.15) is 18.1 Å². The number of carbonyl (C=O) groups is 2. The third kappa shape index (κ3) is 3.40. The Balaban J connectivity index is 1.69. The number of Topliss-reactive ketones (excluding diaryl/α,β-unsaturated/α-hetero) is 1. The molecular formula is C23H23NO4. The highest BCUT2D eigenvalue weighted by atomic mass is 16.5. The Morgan fingerprint density at radius 1 is 1.14 bits per heavy atom. The highest BCUT2D eigenvalue weighted by molar-refractivity contribution is 6.03. The minimum atomic E-state index is -0.527. The number of hydrogen-bond acceptors (Lipinski definition) is 5. The highest BCUT2D eigenvalue weighted by Gasteiger charge is 2.40. The van der Waals surface area contributed by atoms with Crippen molar-refractivity contribution in [3.05, 3.63) is 82.1 Å². The number of allylic oxidation sites excluding steroid dienone is 3. The summed E-state index contributed by atoms with van der Waals surface area (Å²) in [6.45, 7) is 3.89. The Kier molecular flexibility index (Phi) is 4.90. The molecule has 2 aliphatic rings. The van der Waals surface area contributed by atoms with Gasteiger partial charge in [-0.05, 0) is 44.4 Å². The molecule has 1 N–H and O–H groups in total. The maximum Gasteiger partial charge on any atom is 0.337 e. The van der Waals surface area contributed by atoms with Crippen molar-refractivity contribution < 1.29 is 18.7 Å². The molecule has 0 saturated heterocycles. The fraction of sp³-hybridized carbons (Fsp3) is 0.304. The highest BCUT2D eigenvalue weighted by Crippen LogP contribution is 2.43. The van der Waals surface area contributed by atoms with Gasteiger partial charge in [-0.3, -0.25) is 4.79 Å². The Morgan fingerprint density at radius 2 is 1.93 bits per heavy atom. The molecule has 0 radical (unpaired) electrons. The first-order valence-corrected chi connectivity index (χ1v) is 9.56. The van der Waals surface area contributed by atoms with E-state index in [0.717, 1.165) is 29.9 Å². The Hall–Kier alpha value is -3.08. The number of aryl methyl sites for hydroxylation is 1. The summed E-state index contributed by atoms with van der Waals surface area (Å²) in [5, 5.41) is 3.28. The molecule has 28 heavy (non-hydrogen) atoms. The number of furan rings is 1. The number of nitrogens with one attached hydrogen (secondary N) is 1. The molecule has 1 aromatic carbocycles. The molecule has 5 heteroatoms. The molecule has 1 atom stereocenters. The zero-order valence-electron chi connectivity index (χ0n) is 16.1. The van der Waals surface area contributed by atoms with Crippen LogP contribution in [0.3, 0.4) is 0 Å². The average Bonchev–Trinajstić information content (AvgIpc) is 3.12. The van der Waals surface area contributed by atoms with Gasteiger partial charge in [-0.15, -0.1) is 0 Å². The third-order valence-electron chi connectivity index (χ3n) is 5.25. The summed E-state index contributed by atoms with van der Waals surface area (Å²) in [4.78, 5) is 25.8. The van der Waals surface area contributed by atoms with E-state index >= 15 is 0 Å². The number of dihydropyridines is 1. The van der Waals surface area contributed by atoms with Gasteiger partial charge in [0.25, 0.3) is 0 Å². The van der Waals surface area contributed by atoms with E-state index in [1.165, 1.54) is 0 Å². The van der Waals surface area contributed by atoms with Crippen molar-refractivity contribution >= 4 is 11.8 Å². The summed E-state index contributed by atoms with van der Waals surface area (Å²) in [6.07, 6.45) is 2.10. The SMILES string of the molecule is CC1=C(C(=O)OCc2ccccc2)[C@@H](c2ccc(C)o2)C2=C(CCCC2=O)N1. The lowest BCUT2D eigenvalue weighted by Gasteiger charge is -2.32. The molecule has 0 unspecified atom stereocenters. The standard InChI is InChI=1S/C23H23NO4/c1-14-11-12-19(28-14)22-20(23(26)27-13-16-7-4-3-5-8-16)15(2)24-17-9-6-10-18(25)21(17)22/h3-5,7-8,11-12,22,24H,6,9-10,13H2,1-2H3/t22-/m1/s1. The maximum absolute atomic E-state index is 13.1. The normalized spacial score (nSPS) is 19.4. The smallest absolute Gasteiger partial charge is 0.337 e. The second kappa shape index (κ2) is 7.50. The van der Waals surface area contributed by atoms with Crippen LogP contribution in [0.4, 0.5) is 0 Å². The molecule has 1 aliphatic carbocycles. The summed E-state index contributed by atoms with van der Waals surface area (Å²) >= 11 is 0. The first-order valence-electron chi connectivity index (χ1n) is 9.56. The predicted molar refractivity (Wildman–Crippen MR) is 104 cm³/mol. The van der Waals surface area contributed by atoms with Crippen molar-refractivity contribution in [2.45, 2.75) is 45.6 Å². The van der Waals surface area contributed by atoms with Crippen molar-refractivity contribution in [2.24, 2.45) is 0 Å². The lowest BCUT2D eigenvalue weighted by molar-refractivity contribution is -0.140. The molecule has 5 nitrogen and oxygen atoms in total. The van der Waals surface area contributed by atoms with E-state index in [0.29, 0.717) is 29.0 Å². The monoisotopic (exact) mass is 377 g/mol. The molecule has 0 saturated carbocycles.